The van der Waals surface area contributed by atoms with Gasteiger partial charge in [-0.25, -0.2) is 4.79 Å². The number of hydrogen-bond donors (Lipinski definition) is 1. The zero-order valence-electron chi connectivity index (χ0n) is 13.9. The molecule has 0 unspecified atom stereocenters. The van der Waals surface area contributed by atoms with Crippen molar-refractivity contribution in [1.29, 1.82) is 0 Å². The topological polar surface area (TPSA) is 58.6 Å². The molecule has 0 aliphatic rings. The Hall–Kier alpha value is -2.82. The Morgan fingerprint density at radius 2 is 1.50 bits per heavy atom. The summed E-state index contributed by atoms with van der Waals surface area (Å²) >= 11 is 0. The minimum absolute atomic E-state index is 0.156. The second-order valence-corrected chi connectivity index (χ2v) is 5.20. The summed E-state index contributed by atoms with van der Waals surface area (Å²) < 4.78 is 5.24. The largest absolute Gasteiger partial charge is 0.413 e. The molecule has 2 amide bonds. The van der Waals surface area contributed by atoms with Crippen LogP contribution in [0, 0.1) is 0 Å². The Balaban J connectivity index is 2.17. The maximum Gasteiger partial charge on any atom is 0.413 e. The average Bonchev–Trinajstić information content (AvgIpc) is 2.62. The van der Waals surface area contributed by atoms with Gasteiger partial charge in [-0.3, -0.25) is 4.79 Å². The number of para-hydroxylation sites is 1. The van der Waals surface area contributed by atoms with Gasteiger partial charge in [0, 0.05) is 13.1 Å². The van der Waals surface area contributed by atoms with E-state index in [4.69, 9.17) is 4.74 Å². The van der Waals surface area contributed by atoms with Gasteiger partial charge in [-0.15, -0.1) is 0 Å². The summed E-state index contributed by atoms with van der Waals surface area (Å²) in [6.45, 7) is 4.97. The molecule has 24 heavy (non-hydrogen) atoms. The molecule has 0 spiro atoms. The van der Waals surface area contributed by atoms with Crippen LogP contribution in [0.5, 0.6) is 5.75 Å². The highest BCUT2D eigenvalue weighted by Crippen LogP contribution is 2.17. The Morgan fingerprint density at radius 1 is 0.958 bits per heavy atom. The SMILES string of the molecule is CCN(CC)C(=O)[C@@H](NC(=O)Oc1ccccc1)c1ccccc1. The van der Waals surface area contributed by atoms with Crippen LogP contribution >= 0.6 is 0 Å². The molecule has 5 heteroatoms. The smallest absolute Gasteiger partial charge is 0.410 e. The normalized spacial score (nSPS) is 11.4. The van der Waals surface area contributed by atoms with Crippen molar-refractivity contribution >= 4 is 12.0 Å². The minimum atomic E-state index is -0.776. The van der Waals surface area contributed by atoms with Crippen molar-refractivity contribution < 1.29 is 14.3 Å². The van der Waals surface area contributed by atoms with E-state index in [1.807, 2.05) is 50.2 Å². The van der Waals surface area contributed by atoms with Crippen LogP contribution in [-0.4, -0.2) is 30.0 Å². The van der Waals surface area contributed by atoms with E-state index in [-0.39, 0.29) is 5.91 Å². The zero-order valence-corrected chi connectivity index (χ0v) is 13.9. The molecule has 2 aromatic carbocycles. The molecule has 0 heterocycles. The Morgan fingerprint density at radius 3 is 2.04 bits per heavy atom. The summed E-state index contributed by atoms with van der Waals surface area (Å²) in [5.74, 6) is 0.272. The number of rotatable bonds is 6. The van der Waals surface area contributed by atoms with E-state index in [9.17, 15) is 9.59 Å². The summed E-state index contributed by atoms with van der Waals surface area (Å²) in [6.07, 6.45) is -0.657. The van der Waals surface area contributed by atoms with Crippen molar-refractivity contribution in [2.45, 2.75) is 19.9 Å². The van der Waals surface area contributed by atoms with E-state index in [0.29, 0.717) is 18.8 Å². The van der Waals surface area contributed by atoms with Gasteiger partial charge in [0.15, 0.2) is 0 Å². The molecule has 0 saturated heterocycles. The van der Waals surface area contributed by atoms with Crippen molar-refractivity contribution in [3.63, 3.8) is 0 Å². The Labute approximate surface area is 142 Å². The van der Waals surface area contributed by atoms with Crippen LogP contribution in [0.3, 0.4) is 0 Å². The fourth-order valence-electron chi connectivity index (χ4n) is 2.39. The summed E-state index contributed by atoms with van der Waals surface area (Å²) in [7, 11) is 0. The van der Waals surface area contributed by atoms with Gasteiger partial charge in [-0.1, -0.05) is 48.5 Å². The number of nitrogens with one attached hydrogen (secondary N) is 1. The first kappa shape index (κ1) is 17.5. The van der Waals surface area contributed by atoms with Gasteiger partial charge in [0.2, 0.25) is 5.91 Å². The van der Waals surface area contributed by atoms with Crippen LogP contribution in [0.4, 0.5) is 4.79 Å². The molecular formula is C19H22N2O3. The quantitative estimate of drug-likeness (QED) is 0.885. The first-order chi connectivity index (χ1) is 11.7. The molecule has 0 aliphatic heterocycles. The maximum absolute atomic E-state index is 12.7. The number of likely N-dealkylation sites (N-methyl/N-ethyl adjacent to an activating group) is 1. The van der Waals surface area contributed by atoms with Crippen LogP contribution in [0.25, 0.3) is 0 Å². The number of amides is 2. The lowest BCUT2D eigenvalue weighted by atomic mass is 10.1. The van der Waals surface area contributed by atoms with E-state index in [1.165, 1.54) is 0 Å². The highest BCUT2D eigenvalue weighted by atomic mass is 16.6. The van der Waals surface area contributed by atoms with Crippen molar-refractivity contribution in [2.75, 3.05) is 13.1 Å². The summed E-state index contributed by atoms with van der Waals surface area (Å²) in [5.41, 5.74) is 0.722. The lowest BCUT2D eigenvalue weighted by Gasteiger charge is -2.25. The molecule has 1 N–H and O–H groups in total. The van der Waals surface area contributed by atoms with Gasteiger partial charge in [0.25, 0.3) is 0 Å². The summed E-state index contributed by atoms with van der Waals surface area (Å²) in [6, 6.07) is 17.1. The van der Waals surface area contributed by atoms with Crippen molar-refractivity contribution in [3.05, 3.63) is 66.2 Å². The monoisotopic (exact) mass is 326 g/mol. The highest BCUT2D eigenvalue weighted by molar-refractivity contribution is 5.87. The lowest BCUT2D eigenvalue weighted by molar-refractivity contribution is -0.133. The highest BCUT2D eigenvalue weighted by Gasteiger charge is 2.26. The van der Waals surface area contributed by atoms with E-state index in [2.05, 4.69) is 5.32 Å². The number of ether oxygens (including phenoxy) is 1. The molecule has 126 valence electrons. The molecule has 0 radical (unpaired) electrons. The van der Waals surface area contributed by atoms with Crippen LogP contribution in [0.1, 0.15) is 25.5 Å². The van der Waals surface area contributed by atoms with Gasteiger partial charge in [0.05, 0.1) is 0 Å². The molecule has 0 aliphatic carbocycles. The molecule has 5 nitrogen and oxygen atoms in total. The van der Waals surface area contributed by atoms with Crippen LogP contribution in [0.15, 0.2) is 60.7 Å². The van der Waals surface area contributed by atoms with Gasteiger partial charge < -0.3 is 15.0 Å². The third kappa shape index (κ3) is 4.59. The van der Waals surface area contributed by atoms with Gasteiger partial charge in [-0.2, -0.15) is 0 Å². The van der Waals surface area contributed by atoms with Crippen LogP contribution < -0.4 is 10.1 Å². The number of benzene rings is 2. The van der Waals surface area contributed by atoms with E-state index in [0.717, 1.165) is 5.56 Å². The van der Waals surface area contributed by atoms with Crippen LogP contribution in [-0.2, 0) is 4.79 Å². The zero-order chi connectivity index (χ0) is 17.4. The van der Waals surface area contributed by atoms with Gasteiger partial charge in [0.1, 0.15) is 11.8 Å². The first-order valence-electron chi connectivity index (χ1n) is 8.02. The first-order valence-corrected chi connectivity index (χ1v) is 8.02. The third-order valence-corrected chi connectivity index (χ3v) is 3.67. The fourth-order valence-corrected chi connectivity index (χ4v) is 2.39. The van der Waals surface area contributed by atoms with E-state index >= 15 is 0 Å². The molecule has 2 rings (SSSR count). The molecule has 0 fully saturated rings. The molecule has 0 bridgehead atoms. The van der Waals surface area contributed by atoms with E-state index in [1.54, 1.807) is 29.2 Å². The standard InChI is InChI=1S/C19H22N2O3/c1-3-21(4-2)18(22)17(15-11-7-5-8-12-15)20-19(23)24-16-13-9-6-10-14-16/h5-14,17H,3-4H2,1-2H3,(H,20,23)/t17-/m0/s1. The Kier molecular flexibility index (Phi) is 6.37. The van der Waals surface area contributed by atoms with Crippen molar-refractivity contribution in [2.24, 2.45) is 0 Å². The number of hydrogen-bond acceptors (Lipinski definition) is 3. The van der Waals surface area contributed by atoms with Crippen molar-refractivity contribution in [3.8, 4) is 5.75 Å². The van der Waals surface area contributed by atoms with Crippen LogP contribution in [0.2, 0.25) is 0 Å². The predicted molar refractivity (Wildman–Crippen MR) is 92.7 cm³/mol. The number of nitrogens with zero attached hydrogens (tertiary/aromatic N) is 1. The molecule has 0 saturated carbocycles. The molecule has 2 aromatic rings. The summed E-state index contributed by atoms with van der Waals surface area (Å²) in [4.78, 5) is 26.6. The minimum Gasteiger partial charge on any atom is -0.410 e. The molecule has 1 atom stereocenters. The number of carbonyl (C=O) groups excluding carboxylic acids is 2. The predicted octanol–water partition coefficient (Wildman–Crippen LogP) is 3.38. The fraction of sp³-hybridized carbons (Fsp3) is 0.263. The maximum atomic E-state index is 12.7. The molecular weight excluding hydrogens is 304 g/mol. The third-order valence-electron chi connectivity index (χ3n) is 3.67. The summed E-state index contributed by atoms with van der Waals surface area (Å²) in [5, 5.41) is 2.68. The lowest BCUT2D eigenvalue weighted by Crippen LogP contribution is -2.43. The second-order valence-electron chi connectivity index (χ2n) is 5.20. The van der Waals surface area contributed by atoms with Gasteiger partial charge >= 0.3 is 6.09 Å². The van der Waals surface area contributed by atoms with Crippen molar-refractivity contribution in [1.82, 2.24) is 10.2 Å². The van der Waals surface area contributed by atoms with E-state index < -0.39 is 12.1 Å². The Bertz CT molecular complexity index is 655. The second kappa shape index (κ2) is 8.72. The van der Waals surface area contributed by atoms with Gasteiger partial charge in [-0.05, 0) is 31.5 Å². The number of carbonyl (C=O) groups is 2. The molecule has 0 aromatic heterocycles. The average molecular weight is 326 g/mol.